The van der Waals surface area contributed by atoms with E-state index in [0.29, 0.717) is 28.1 Å². The number of rotatable bonds is 5. The van der Waals surface area contributed by atoms with Crippen LogP contribution in [0.1, 0.15) is 55.9 Å². The number of hydrogen-bond donors (Lipinski definition) is 1. The SMILES string of the molecule is COc1cc2nn(C3CCC(C(C)C)CC3)cc2cc1NC(=O)c1cccc(Cl)c1Cl. The van der Waals surface area contributed by atoms with Crippen molar-refractivity contribution < 1.29 is 9.53 Å². The van der Waals surface area contributed by atoms with Crippen molar-refractivity contribution in [3.63, 3.8) is 0 Å². The van der Waals surface area contributed by atoms with E-state index in [9.17, 15) is 4.79 Å². The third-order valence-electron chi connectivity index (χ3n) is 6.35. The minimum atomic E-state index is -0.343. The molecule has 0 spiro atoms. The molecule has 0 aliphatic heterocycles. The molecular weight excluding hydrogens is 433 g/mol. The van der Waals surface area contributed by atoms with E-state index in [4.69, 9.17) is 33.0 Å². The average molecular weight is 460 g/mol. The predicted octanol–water partition coefficient (Wildman–Crippen LogP) is 6.99. The Balaban J connectivity index is 1.59. The molecule has 1 aliphatic carbocycles. The fourth-order valence-electron chi connectivity index (χ4n) is 4.43. The molecule has 3 aromatic rings. The first-order valence-corrected chi connectivity index (χ1v) is 11.4. The highest BCUT2D eigenvalue weighted by atomic mass is 35.5. The Morgan fingerprint density at radius 1 is 1.19 bits per heavy atom. The molecule has 1 heterocycles. The number of carbonyl (C=O) groups is 1. The number of halogens is 2. The number of methoxy groups -OCH3 is 1. The minimum absolute atomic E-state index is 0.228. The molecule has 1 saturated carbocycles. The molecule has 5 nitrogen and oxygen atoms in total. The summed E-state index contributed by atoms with van der Waals surface area (Å²) >= 11 is 12.3. The van der Waals surface area contributed by atoms with Gasteiger partial charge < -0.3 is 10.1 Å². The van der Waals surface area contributed by atoms with E-state index >= 15 is 0 Å². The van der Waals surface area contributed by atoms with Crippen LogP contribution < -0.4 is 10.1 Å². The van der Waals surface area contributed by atoms with E-state index in [1.54, 1.807) is 25.3 Å². The predicted molar refractivity (Wildman–Crippen MR) is 127 cm³/mol. The van der Waals surface area contributed by atoms with Crippen LogP contribution in [0.2, 0.25) is 10.0 Å². The third kappa shape index (κ3) is 4.53. The summed E-state index contributed by atoms with van der Waals surface area (Å²) in [5, 5.41) is 9.23. The van der Waals surface area contributed by atoms with Crippen LogP contribution in [0.4, 0.5) is 5.69 Å². The fourth-order valence-corrected chi connectivity index (χ4v) is 4.81. The molecule has 4 rings (SSSR count). The highest BCUT2D eigenvalue weighted by Gasteiger charge is 2.25. The van der Waals surface area contributed by atoms with Gasteiger partial charge in [0.05, 0.1) is 40.0 Å². The molecule has 31 heavy (non-hydrogen) atoms. The Kier molecular flexibility index (Phi) is 6.44. The standard InChI is InChI=1S/C24H27Cl2N3O2/c1-14(2)15-7-9-17(10-8-15)29-13-16-11-21(22(31-3)12-20(16)28-29)27-24(30)18-5-4-6-19(25)23(18)26/h4-6,11-15,17H,7-10H2,1-3H3,(H,27,30). The molecule has 0 unspecified atom stereocenters. The number of ether oxygens (including phenoxy) is 1. The monoisotopic (exact) mass is 459 g/mol. The summed E-state index contributed by atoms with van der Waals surface area (Å²) in [6.45, 7) is 4.62. The number of aromatic nitrogens is 2. The first-order valence-electron chi connectivity index (χ1n) is 10.7. The smallest absolute Gasteiger partial charge is 0.257 e. The molecule has 1 aliphatic rings. The van der Waals surface area contributed by atoms with Gasteiger partial charge in [0.15, 0.2) is 0 Å². The fraction of sp³-hybridized carbons (Fsp3) is 0.417. The normalized spacial score (nSPS) is 19.0. The van der Waals surface area contributed by atoms with Crippen LogP contribution in [0.25, 0.3) is 10.9 Å². The molecule has 0 saturated heterocycles. The maximum absolute atomic E-state index is 12.8. The number of carbonyl (C=O) groups excluding carboxylic acids is 1. The van der Waals surface area contributed by atoms with Gasteiger partial charge in [-0.1, -0.05) is 43.1 Å². The van der Waals surface area contributed by atoms with Crippen molar-refractivity contribution in [1.82, 2.24) is 9.78 Å². The molecule has 2 aromatic carbocycles. The van der Waals surface area contributed by atoms with Crippen LogP contribution in [0.5, 0.6) is 5.75 Å². The number of fused-ring (bicyclic) bond motifs is 1. The van der Waals surface area contributed by atoms with Crippen LogP contribution in [-0.4, -0.2) is 22.8 Å². The van der Waals surface area contributed by atoms with Crippen molar-refractivity contribution >= 4 is 45.7 Å². The van der Waals surface area contributed by atoms with E-state index in [1.165, 1.54) is 12.8 Å². The van der Waals surface area contributed by atoms with Crippen LogP contribution in [0.3, 0.4) is 0 Å². The van der Waals surface area contributed by atoms with Gasteiger partial charge in [-0.15, -0.1) is 0 Å². The van der Waals surface area contributed by atoms with Crippen molar-refractivity contribution in [3.05, 3.63) is 52.1 Å². The zero-order valence-electron chi connectivity index (χ0n) is 18.0. The summed E-state index contributed by atoms with van der Waals surface area (Å²) < 4.78 is 7.60. The summed E-state index contributed by atoms with van der Waals surface area (Å²) in [5.74, 6) is 1.75. The highest BCUT2D eigenvalue weighted by molar-refractivity contribution is 6.44. The number of nitrogens with one attached hydrogen (secondary N) is 1. The van der Waals surface area contributed by atoms with Crippen LogP contribution >= 0.6 is 23.2 Å². The summed E-state index contributed by atoms with van der Waals surface area (Å²) in [4.78, 5) is 12.8. The third-order valence-corrected chi connectivity index (χ3v) is 7.16. The summed E-state index contributed by atoms with van der Waals surface area (Å²) in [6.07, 6.45) is 6.83. The lowest BCUT2D eigenvalue weighted by molar-refractivity contribution is 0.102. The minimum Gasteiger partial charge on any atom is -0.494 e. The van der Waals surface area contributed by atoms with E-state index in [-0.39, 0.29) is 10.9 Å². The lowest BCUT2D eigenvalue weighted by Crippen LogP contribution is -2.21. The molecule has 1 aromatic heterocycles. The van der Waals surface area contributed by atoms with Crippen molar-refractivity contribution in [2.75, 3.05) is 12.4 Å². The van der Waals surface area contributed by atoms with Gasteiger partial charge in [0.2, 0.25) is 0 Å². The quantitative estimate of drug-likeness (QED) is 0.446. The second-order valence-corrected chi connectivity index (χ2v) is 9.37. The Morgan fingerprint density at radius 2 is 1.94 bits per heavy atom. The van der Waals surface area contributed by atoms with Gasteiger partial charge >= 0.3 is 0 Å². The zero-order valence-corrected chi connectivity index (χ0v) is 19.5. The first kappa shape index (κ1) is 22.0. The van der Waals surface area contributed by atoms with Gasteiger partial charge in [-0.3, -0.25) is 9.48 Å². The zero-order chi connectivity index (χ0) is 22.1. The molecule has 7 heteroatoms. The van der Waals surface area contributed by atoms with E-state index < -0.39 is 0 Å². The number of benzene rings is 2. The molecule has 1 N–H and O–H groups in total. The summed E-state index contributed by atoms with van der Waals surface area (Å²) in [7, 11) is 1.58. The number of anilines is 1. The maximum atomic E-state index is 12.8. The first-order chi connectivity index (χ1) is 14.9. The van der Waals surface area contributed by atoms with Gasteiger partial charge in [0, 0.05) is 17.6 Å². The van der Waals surface area contributed by atoms with Crippen molar-refractivity contribution in [1.29, 1.82) is 0 Å². The lowest BCUT2D eigenvalue weighted by Gasteiger charge is -2.30. The Labute approximate surface area is 192 Å². The van der Waals surface area contributed by atoms with Gasteiger partial charge in [-0.05, 0) is 55.7 Å². The van der Waals surface area contributed by atoms with Crippen molar-refractivity contribution in [2.24, 2.45) is 11.8 Å². The Hall–Kier alpha value is -2.24. The Bertz CT molecular complexity index is 1100. The summed E-state index contributed by atoms with van der Waals surface area (Å²) in [5.41, 5.74) is 1.73. The largest absolute Gasteiger partial charge is 0.494 e. The van der Waals surface area contributed by atoms with Gasteiger partial charge in [0.25, 0.3) is 5.91 Å². The maximum Gasteiger partial charge on any atom is 0.257 e. The van der Waals surface area contributed by atoms with E-state index in [2.05, 4.69) is 30.0 Å². The topological polar surface area (TPSA) is 56.1 Å². The van der Waals surface area contributed by atoms with Gasteiger partial charge in [-0.25, -0.2) is 0 Å². The lowest BCUT2D eigenvalue weighted by atomic mass is 9.80. The second kappa shape index (κ2) is 9.09. The molecular formula is C24H27Cl2N3O2. The molecule has 1 amide bonds. The van der Waals surface area contributed by atoms with Crippen LogP contribution in [0.15, 0.2) is 36.5 Å². The number of nitrogens with zero attached hydrogens (tertiary/aromatic N) is 2. The van der Waals surface area contributed by atoms with Crippen LogP contribution in [0, 0.1) is 11.8 Å². The highest BCUT2D eigenvalue weighted by Crippen LogP contribution is 2.37. The molecule has 1 fully saturated rings. The molecule has 0 atom stereocenters. The van der Waals surface area contributed by atoms with E-state index in [1.807, 2.05) is 12.1 Å². The number of hydrogen-bond acceptors (Lipinski definition) is 3. The second-order valence-electron chi connectivity index (χ2n) is 8.59. The average Bonchev–Trinajstić information content (AvgIpc) is 3.18. The Morgan fingerprint density at radius 3 is 2.61 bits per heavy atom. The molecule has 0 radical (unpaired) electrons. The van der Waals surface area contributed by atoms with Gasteiger partial charge in [-0.2, -0.15) is 5.10 Å². The van der Waals surface area contributed by atoms with E-state index in [0.717, 1.165) is 35.6 Å². The molecule has 0 bridgehead atoms. The number of amides is 1. The summed E-state index contributed by atoms with van der Waals surface area (Å²) in [6, 6.07) is 9.16. The van der Waals surface area contributed by atoms with Crippen LogP contribution in [-0.2, 0) is 0 Å². The van der Waals surface area contributed by atoms with Gasteiger partial charge in [0.1, 0.15) is 5.75 Å². The van der Waals surface area contributed by atoms with Crippen molar-refractivity contribution in [3.8, 4) is 5.75 Å². The van der Waals surface area contributed by atoms with Crippen molar-refractivity contribution in [2.45, 2.75) is 45.6 Å². The molecule has 164 valence electrons.